The number of benzene rings is 12. The molecule has 8 heteroatoms. The first-order valence-corrected chi connectivity index (χ1v) is 44.6. The summed E-state index contributed by atoms with van der Waals surface area (Å²) in [7, 11) is 8.19. The van der Waals surface area contributed by atoms with E-state index in [1.165, 1.54) is 67.1 Å². The van der Waals surface area contributed by atoms with Crippen LogP contribution >= 0.6 is 0 Å². The normalized spacial score (nSPS) is 15.8. The predicted octanol–water partition coefficient (Wildman–Crippen LogP) is 29.3. The minimum Gasteiger partial charge on any atom is -0.456 e. The van der Waals surface area contributed by atoms with Crippen LogP contribution in [-0.4, -0.2) is 0 Å². The molecular formula is C115H112N4O4+4. The van der Waals surface area contributed by atoms with Gasteiger partial charge in [-0.2, -0.15) is 0 Å². The largest absolute Gasteiger partial charge is 0.456 e. The second kappa shape index (κ2) is 33.4. The van der Waals surface area contributed by atoms with Gasteiger partial charge in [-0.3, -0.25) is 0 Å². The van der Waals surface area contributed by atoms with Crippen LogP contribution in [0.1, 0.15) is 164 Å². The van der Waals surface area contributed by atoms with Crippen LogP contribution in [0, 0.1) is 45.4 Å². The Morgan fingerprint density at radius 3 is 0.862 bits per heavy atom. The minimum absolute atomic E-state index is 0.0940. The van der Waals surface area contributed by atoms with Gasteiger partial charge in [0.25, 0.3) is 0 Å². The Bertz CT molecular complexity index is 7870. The van der Waals surface area contributed by atoms with Crippen LogP contribution in [0.4, 0.5) is 0 Å². The van der Waals surface area contributed by atoms with E-state index >= 15 is 0 Å². The number of rotatable bonds is 11. The van der Waals surface area contributed by atoms with Crippen molar-refractivity contribution in [3.63, 3.8) is 0 Å². The summed E-state index contributed by atoms with van der Waals surface area (Å²) in [6, 6.07) is 84.6. The maximum Gasteiger partial charge on any atom is 0.212 e. The summed E-state index contributed by atoms with van der Waals surface area (Å²) in [6.07, 6.45) is 19.2. The van der Waals surface area contributed by atoms with Gasteiger partial charge in [-0.05, 0) is 268 Å². The molecule has 3 saturated carbocycles. The molecule has 3 aliphatic rings. The molecule has 12 aromatic carbocycles. The number of nitrogens with zero attached hydrogens (tertiary/aromatic N) is 4. The van der Waals surface area contributed by atoms with E-state index in [-0.39, 0.29) is 17.8 Å². The van der Waals surface area contributed by atoms with E-state index in [0.29, 0.717) is 5.56 Å². The fourth-order valence-corrected chi connectivity index (χ4v) is 19.8. The van der Waals surface area contributed by atoms with E-state index in [4.69, 9.17) is 27.3 Å². The van der Waals surface area contributed by atoms with Crippen molar-refractivity contribution in [2.24, 2.45) is 45.9 Å². The number of furan rings is 4. The van der Waals surface area contributed by atoms with E-state index in [2.05, 4.69) is 272 Å². The minimum atomic E-state index is -1.39. The molecule has 23 rings (SSSR count). The van der Waals surface area contributed by atoms with Gasteiger partial charge in [-0.1, -0.05) is 188 Å². The second-order valence-electron chi connectivity index (χ2n) is 35.6. The summed E-state index contributed by atoms with van der Waals surface area (Å²) in [5.74, 6) is -0.368. The third kappa shape index (κ3) is 15.8. The van der Waals surface area contributed by atoms with Gasteiger partial charge < -0.3 is 17.7 Å². The summed E-state index contributed by atoms with van der Waals surface area (Å²) < 4.78 is 95.3. The topological polar surface area (TPSA) is 68.1 Å². The molecule has 3 fully saturated rings. The zero-order chi connectivity index (χ0) is 90.0. The zero-order valence-electron chi connectivity index (χ0n) is 79.5. The van der Waals surface area contributed by atoms with Crippen molar-refractivity contribution in [3.8, 4) is 45.0 Å². The molecule has 0 aliphatic heterocycles. The smallest absolute Gasteiger partial charge is 0.212 e. The number of pyridine rings is 4. The van der Waals surface area contributed by atoms with E-state index in [1.54, 1.807) is 0 Å². The maximum atomic E-state index is 9.11. The van der Waals surface area contributed by atoms with Crippen molar-refractivity contribution in [2.75, 3.05) is 0 Å². The third-order valence-corrected chi connectivity index (χ3v) is 26.5. The van der Waals surface area contributed by atoms with Crippen LogP contribution in [0.5, 0.6) is 0 Å². The Morgan fingerprint density at radius 2 is 0.545 bits per heavy atom. The molecule has 0 amide bonds. The van der Waals surface area contributed by atoms with E-state index < -0.39 is 25.0 Å². The highest BCUT2D eigenvalue weighted by atomic mass is 16.3. The first-order valence-electron chi connectivity index (χ1n) is 48.1. The van der Waals surface area contributed by atoms with Gasteiger partial charge in [0.1, 0.15) is 72.9 Å². The number of fused-ring (bicyclic) bond motifs is 16. The molecule has 0 saturated heterocycles. The molecule has 0 unspecified atom stereocenters. The summed E-state index contributed by atoms with van der Waals surface area (Å²) in [4.78, 5) is 0. The first-order chi connectivity index (χ1) is 62.6. The molecule has 123 heavy (non-hydrogen) atoms. The molecule has 8 aromatic heterocycles. The van der Waals surface area contributed by atoms with Crippen molar-refractivity contribution >= 4 is 131 Å². The molecule has 8 nitrogen and oxygen atoms in total. The Labute approximate surface area is 731 Å². The van der Waals surface area contributed by atoms with E-state index in [9.17, 15) is 0 Å². The van der Waals surface area contributed by atoms with E-state index in [0.717, 1.165) is 238 Å². The van der Waals surface area contributed by atoms with Gasteiger partial charge in [-0.25, -0.2) is 18.3 Å². The monoisotopic (exact) mass is 1620 g/mol. The summed E-state index contributed by atoms with van der Waals surface area (Å²) >= 11 is 0. The SMILES string of the molecule is [2H]C([2H])(c1cc[n+](C)c(-c2cc3c(cc2C)oc2cc4ccccc4cc23)c1)C(C)C.[2H]C([2H])(c1cc[n+](C)c(-c2cc3c(cc2C)oc2cc4ccccc4cc23)c1)C1CCCC1.[2H]C([2H])(c1cc[n+](C)c(-c2cc3c(cc2C)oc2cc4ccccc4cc23)c1)C1CCCCC1.[2H]C1(c2cc[n+](C)c(-c3cc4c(cc3C)oc3cc5ccccc5cc34)c2)CCCCC1. The highest BCUT2D eigenvalue weighted by Crippen LogP contribution is 2.44. The number of hydrogen-bond donors (Lipinski definition) is 0. The predicted molar refractivity (Wildman–Crippen MR) is 511 cm³/mol. The Morgan fingerprint density at radius 1 is 0.293 bits per heavy atom. The summed E-state index contributed by atoms with van der Waals surface area (Å²) in [5, 5.41) is 18.5. The lowest BCUT2D eigenvalue weighted by atomic mass is 9.84. The second-order valence-corrected chi connectivity index (χ2v) is 35.6. The average Bonchev–Trinajstić information content (AvgIpc) is 1.66. The lowest BCUT2D eigenvalue weighted by Gasteiger charge is -2.21. The standard InChI is InChI=1S/C30H30NO.2C29H28NO.C27H26NO/c1-20-14-29-27(26-17-23-10-6-7-11-24(23)18-30(26)32-29)19-25(20)28-16-22(12-13-31(28)2)15-21-8-4-3-5-9-21;1-19-13-28-26(25-16-22-9-5-6-10-23(22)17-29(25)31-28)18-24(19)27-15-21(11-12-30(27)2)14-20-7-3-4-8-20;1-19-14-28-26(25-15-21-10-6-7-11-22(21)17-29(25)31-28)18-24(19)27-16-23(12-13-30(27)2)20-8-4-3-5-9-20;1-17(2)11-19-9-10-28(4)25(13-19)22-16-24-23-14-20-7-5-6-8-21(20)15-27(23)29-26(24)12-18(22)3/h6-7,10-14,16-19,21H,3-5,8-9,15H2,1-2H3;5-6,9-13,15-18,20H,3-4,7-8,14H2,1-2H3;6-7,10-18,20H,3-5,8-9H2,1-2H3;5-10,12-17H,11H2,1-4H3/q4*+1/i15D2;14D2;20D;11D2. The third-order valence-electron chi connectivity index (χ3n) is 26.5. The fraction of sp³-hybridized carbons (Fsp3) is 0.270. The number of aromatic nitrogens is 4. The van der Waals surface area contributed by atoms with Gasteiger partial charge in [0, 0.05) is 123 Å². The molecule has 0 radical (unpaired) electrons. The lowest BCUT2D eigenvalue weighted by Crippen LogP contribution is -2.31. The van der Waals surface area contributed by atoms with Crippen LogP contribution in [-0.2, 0) is 47.3 Å². The van der Waals surface area contributed by atoms with Crippen LogP contribution < -0.4 is 18.3 Å². The quantitative estimate of drug-likeness (QED) is 0.121. The summed E-state index contributed by atoms with van der Waals surface area (Å²) in [5.41, 5.74) is 23.9. The van der Waals surface area contributed by atoms with Crippen molar-refractivity contribution in [2.45, 2.75) is 156 Å². The van der Waals surface area contributed by atoms with Gasteiger partial charge in [0.2, 0.25) is 22.8 Å². The fourth-order valence-electron chi connectivity index (χ4n) is 19.8. The molecule has 0 atom stereocenters. The molecule has 20 aromatic rings. The summed E-state index contributed by atoms with van der Waals surface area (Å²) in [6.45, 7) is 12.3. The molecular weight excluding hydrogens is 1500 g/mol. The van der Waals surface area contributed by atoms with Crippen molar-refractivity contribution in [1.29, 1.82) is 0 Å². The Hall–Kier alpha value is -12.5. The van der Waals surface area contributed by atoms with Crippen molar-refractivity contribution < 1.29 is 45.5 Å². The highest BCUT2D eigenvalue weighted by molar-refractivity contribution is 6.15. The lowest BCUT2D eigenvalue weighted by molar-refractivity contribution is -0.660. The Balaban J connectivity index is 0.000000108. The zero-order valence-corrected chi connectivity index (χ0v) is 72.5. The number of hydrogen-bond acceptors (Lipinski definition) is 4. The molecule has 8 heterocycles. The maximum absolute atomic E-state index is 9.11. The van der Waals surface area contributed by atoms with Gasteiger partial charge in [0.15, 0.2) is 24.8 Å². The average molecular weight is 1620 g/mol. The number of aryl methyl sites for hydroxylation is 8. The van der Waals surface area contributed by atoms with Gasteiger partial charge in [-0.15, -0.1) is 0 Å². The van der Waals surface area contributed by atoms with Crippen LogP contribution in [0.2, 0.25) is 0 Å². The Kier molecular flexibility index (Phi) is 19.3. The molecule has 0 N–H and O–H groups in total. The van der Waals surface area contributed by atoms with Crippen LogP contribution in [0.15, 0.2) is 285 Å². The molecule has 0 bridgehead atoms. The van der Waals surface area contributed by atoms with Crippen LogP contribution in [0.3, 0.4) is 0 Å². The van der Waals surface area contributed by atoms with E-state index in [1.807, 2.05) is 83.9 Å². The van der Waals surface area contributed by atoms with Crippen LogP contribution in [0.25, 0.3) is 176 Å². The molecule has 0 spiro atoms. The van der Waals surface area contributed by atoms with Gasteiger partial charge >= 0.3 is 0 Å². The van der Waals surface area contributed by atoms with Crippen molar-refractivity contribution in [3.05, 3.63) is 312 Å². The van der Waals surface area contributed by atoms with Gasteiger partial charge in [0.05, 0.1) is 0 Å². The highest BCUT2D eigenvalue weighted by Gasteiger charge is 2.27. The molecule has 612 valence electrons. The first kappa shape index (κ1) is 71.1. The molecule has 3 aliphatic carbocycles. The van der Waals surface area contributed by atoms with Crippen molar-refractivity contribution in [1.82, 2.24) is 0 Å².